The molecule has 1 aliphatic carbocycles. The molecule has 0 aromatic heterocycles. The number of piperazine rings is 1. The normalized spacial score (nSPS) is 24.2. The Labute approximate surface area is 139 Å². The maximum Gasteiger partial charge on any atom is 0.169 e. The van der Waals surface area contributed by atoms with Crippen LogP contribution in [0, 0.1) is 0 Å². The first-order valence-electron chi connectivity index (χ1n) is 8.54. The summed E-state index contributed by atoms with van der Waals surface area (Å²) in [6.07, 6.45) is 6.59. The lowest BCUT2D eigenvalue weighted by Gasteiger charge is -2.42. The molecule has 3 rings (SSSR count). The van der Waals surface area contributed by atoms with Crippen molar-refractivity contribution in [3.05, 3.63) is 35.9 Å². The fourth-order valence-corrected chi connectivity index (χ4v) is 4.01. The molecule has 1 aromatic rings. The molecule has 22 heavy (non-hydrogen) atoms. The third kappa shape index (κ3) is 3.79. The van der Waals surface area contributed by atoms with Crippen LogP contribution in [0.3, 0.4) is 0 Å². The van der Waals surface area contributed by atoms with E-state index in [4.69, 9.17) is 12.2 Å². The molecular weight excluding hydrogens is 290 g/mol. The van der Waals surface area contributed by atoms with Gasteiger partial charge in [-0.05, 0) is 37.7 Å². The van der Waals surface area contributed by atoms with Gasteiger partial charge in [-0.2, -0.15) is 0 Å². The maximum atomic E-state index is 5.77. The molecule has 4 heteroatoms. The van der Waals surface area contributed by atoms with E-state index >= 15 is 0 Å². The van der Waals surface area contributed by atoms with Crippen molar-refractivity contribution in [3.8, 4) is 0 Å². The third-order valence-corrected chi connectivity index (χ3v) is 5.31. The molecule has 0 spiro atoms. The van der Waals surface area contributed by atoms with E-state index in [1.54, 1.807) is 0 Å². The third-order valence-electron chi connectivity index (χ3n) is 4.96. The van der Waals surface area contributed by atoms with Crippen LogP contribution in [0.25, 0.3) is 0 Å². The Balaban J connectivity index is 1.70. The molecule has 1 aliphatic heterocycles. The minimum atomic E-state index is 0.364. The summed E-state index contributed by atoms with van der Waals surface area (Å²) < 4.78 is 0. The van der Waals surface area contributed by atoms with E-state index < -0.39 is 0 Å². The Kier molecular flexibility index (Phi) is 5.32. The fraction of sp³-hybridized carbons (Fsp3) is 0.611. The molecule has 1 heterocycles. The summed E-state index contributed by atoms with van der Waals surface area (Å²) in [7, 11) is 2.20. The maximum absolute atomic E-state index is 5.77. The van der Waals surface area contributed by atoms with E-state index in [2.05, 4.69) is 52.5 Å². The van der Waals surface area contributed by atoms with Crippen molar-refractivity contribution in [1.82, 2.24) is 15.1 Å². The Bertz CT molecular complexity index is 484. The fourth-order valence-electron chi connectivity index (χ4n) is 3.63. The quantitative estimate of drug-likeness (QED) is 0.844. The highest BCUT2D eigenvalue weighted by Gasteiger charge is 2.29. The van der Waals surface area contributed by atoms with Gasteiger partial charge in [-0.15, -0.1) is 0 Å². The Morgan fingerprint density at radius 1 is 1.09 bits per heavy atom. The van der Waals surface area contributed by atoms with Crippen molar-refractivity contribution >= 4 is 17.3 Å². The van der Waals surface area contributed by atoms with Crippen LogP contribution in [0.5, 0.6) is 0 Å². The molecule has 120 valence electrons. The zero-order chi connectivity index (χ0) is 15.4. The van der Waals surface area contributed by atoms with Gasteiger partial charge in [0.05, 0.1) is 6.04 Å². The van der Waals surface area contributed by atoms with Crippen LogP contribution in [0.2, 0.25) is 0 Å². The number of thiocarbonyl (C=S) groups is 1. The molecule has 1 atom stereocenters. The lowest BCUT2D eigenvalue weighted by atomic mass is 9.95. The zero-order valence-electron chi connectivity index (χ0n) is 13.5. The minimum Gasteiger partial charge on any atom is -0.360 e. The van der Waals surface area contributed by atoms with Gasteiger partial charge in [-0.3, -0.25) is 0 Å². The van der Waals surface area contributed by atoms with Gasteiger partial charge >= 0.3 is 0 Å². The standard InChI is InChI=1S/C18H27N3S/c1-20-12-13-21(17(14-20)15-8-4-2-5-9-15)18(22)19-16-10-6-3-7-11-16/h2,4-5,8-9,16-17H,3,6-7,10-14H2,1H3,(H,19,22)/t17-/m1/s1. The predicted octanol–water partition coefficient (Wildman–Crippen LogP) is 3.18. The number of rotatable bonds is 2. The van der Waals surface area contributed by atoms with E-state index in [9.17, 15) is 0 Å². The molecule has 0 bridgehead atoms. The van der Waals surface area contributed by atoms with Gasteiger partial charge in [0, 0.05) is 25.7 Å². The number of nitrogens with one attached hydrogen (secondary N) is 1. The van der Waals surface area contributed by atoms with Gasteiger partial charge in [0.2, 0.25) is 0 Å². The summed E-state index contributed by atoms with van der Waals surface area (Å²) in [5.41, 5.74) is 1.36. The van der Waals surface area contributed by atoms with E-state index in [-0.39, 0.29) is 0 Å². The second kappa shape index (κ2) is 7.42. The molecule has 0 unspecified atom stereocenters. The van der Waals surface area contributed by atoms with Crippen molar-refractivity contribution in [3.63, 3.8) is 0 Å². The Morgan fingerprint density at radius 3 is 2.55 bits per heavy atom. The molecule has 0 amide bonds. The molecule has 2 aliphatic rings. The average Bonchev–Trinajstić information content (AvgIpc) is 2.56. The summed E-state index contributed by atoms with van der Waals surface area (Å²) in [6.45, 7) is 3.13. The summed E-state index contributed by atoms with van der Waals surface area (Å²) >= 11 is 5.77. The lowest BCUT2D eigenvalue weighted by molar-refractivity contribution is 0.149. The molecule has 1 saturated carbocycles. The Hall–Kier alpha value is -1.13. The van der Waals surface area contributed by atoms with Crippen LogP contribution in [0.15, 0.2) is 30.3 Å². The second-order valence-corrected chi connectivity index (χ2v) is 7.05. The van der Waals surface area contributed by atoms with Crippen LogP contribution in [-0.4, -0.2) is 47.6 Å². The Morgan fingerprint density at radius 2 is 1.82 bits per heavy atom. The van der Waals surface area contributed by atoms with Gasteiger partial charge in [0.1, 0.15) is 0 Å². The highest BCUT2D eigenvalue weighted by atomic mass is 32.1. The molecule has 3 nitrogen and oxygen atoms in total. The predicted molar refractivity (Wildman–Crippen MR) is 96.0 cm³/mol. The van der Waals surface area contributed by atoms with Crippen molar-refractivity contribution in [2.24, 2.45) is 0 Å². The highest BCUT2D eigenvalue weighted by Crippen LogP contribution is 2.26. The van der Waals surface area contributed by atoms with Crippen molar-refractivity contribution < 1.29 is 0 Å². The van der Waals surface area contributed by atoms with E-state index in [1.165, 1.54) is 37.7 Å². The van der Waals surface area contributed by atoms with Gasteiger partial charge in [-0.1, -0.05) is 49.6 Å². The number of likely N-dealkylation sites (N-methyl/N-ethyl adjacent to an activating group) is 1. The van der Waals surface area contributed by atoms with Crippen molar-refractivity contribution in [2.75, 3.05) is 26.7 Å². The molecule has 1 saturated heterocycles. The van der Waals surface area contributed by atoms with Crippen LogP contribution in [0.1, 0.15) is 43.7 Å². The lowest BCUT2D eigenvalue weighted by Crippen LogP contribution is -2.54. The van der Waals surface area contributed by atoms with Crippen LogP contribution >= 0.6 is 12.2 Å². The van der Waals surface area contributed by atoms with Gasteiger partial charge in [-0.25, -0.2) is 0 Å². The summed E-state index contributed by atoms with van der Waals surface area (Å²) in [5.74, 6) is 0. The first-order valence-corrected chi connectivity index (χ1v) is 8.95. The molecule has 1 N–H and O–H groups in total. The zero-order valence-corrected chi connectivity index (χ0v) is 14.3. The number of hydrogen-bond acceptors (Lipinski definition) is 2. The molecular formula is C18H27N3S. The molecule has 0 radical (unpaired) electrons. The van der Waals surface area contributed by atoms with Crippen molar-refractivity contribution in [2.45, 2.75) is 44.2 Å². The summed E-state index contributed by atoms with van der Waals surface area (Å²) in [4.78, 5) is 4.80. The van der Waals surface area contributed by atoms with Crippen LogP contribution < -0.4 is 5.32 Å². The first kappa shape index (κ1) is 15.8. The second-order valence-electron chi connectivity index (χ2n) is 6.67. The number of nitrogens with zero attached hydrogens (tertiary/aromatic N) is 2. The van der Waals surface area contributed by atoms with E-state index in [0.717, 1.165) is 24.7 Å². The smallest absolute Gasteiger partial charge is 0.169 e. The SMILES string of the molecule is CN1CCN(C(=S)NC2CCCCC2)[C@@H](c2ccccc2)C1. The number of benzene rings is 1. The molecule has 1 aromatic carbocycles. The highest BCUT2D eigenvalue weighted by molar-refractivity contribution is 7.80. The minimum absolute atomic E-state index is 0.364. The van der Waals surface area contributed by atoms with Crippen LogP contribution in [-0.2, 0) is 0 Å². The average molecular weight is 318 g/mol. The molecule has 2 fully saturated rings. The first-order chi connectivity index (χ1) is 10.7. The summed E-state index contributed by atoms with van der Waals surface area (Å²) in [5, 5.41) is 4.59. The summed E-state index contributed by atoms with van der Waals surface area (Å²) in [6, 6.07) is 11.7. The largest absolute Gasteiger partial charge is 0.360 e. The van der Waals surface area contributed by atoms with Crippen molar-refractivity contribution in [1.29, 1.82) is 0 Å². The topological polar surface area (TPSA) is 18.5 Å². The van der Waals surface area contributed by atoms with Crippen LogP contribution in [0.4, 0.5) is 0 Å². The van der Waals surface area contributed by atoms with Gasteiger partial charge in [0.25, 0.3) is 0 Å². The number of hydrogen-bond donors (Lipinski definition) is 1. The van der Waals surface area contributed by atoms with E-state index in [0.29, 0.717) is 12.1 Å². The monoisotopic (exact) mass is 317 g/mol. The van der Waals surface area contributed by atoms with Gasteiger partial charge < -0.3 is 15.1 Å². The van der Waals surface area contributed by atoms with E-state index in [1.807, 2.05) is 0 Å². The van der Waals surface area contributed by atoms with Gasteiger partial charge in [0.15, 0.2) is 5.11 Å².